The number of fused-ring (bicyclic) bond motifs is 1. The average Bonchev–Trinajstić information content (AvgIpc) is 3.09. The normalized spacial score (nSPS) is 15.8. The van der Waals surface area contributed by atoms with Gasteiger partial charge in [0.1, 0.15) is 12.1 Å². The Labute approximate surface area is 173 Å². The number of aromatic nitrogens is 2. The van der Waals surface area contributed by atoms with Crippen LogP contribution in [0.5, 0.6) is 17.2 Å². The molecule has 1 unspecified atom stereocenters. The zero-order valence-corrected chi connectivity index (χ0v) is 17.2. The number of hydrogen-bond donors (Lipinski definition) is 1. The van der Waals surface area contributed by atoms with Crippen molar-refractivity contribution in [3.05, 3.63) is 60.0 Å². The standard InChI is InChI=1S/C21H21N3O4S/c1-26-15-10-17(28-3)16(27-2)9-14(15)20-19-21(23-18(25)11-29-20)22-12-24(19)13-7-5-4-6-8-13/h4-10,12,20H,11H2,1-3H3,(H,23,25). The number of ether oxygens (including phenoxy) is 3. The first-order chi connectivity index (χ1) is 14.2. The van der Waals surface area contributed by atoms with E-state index in [-0.39, 0.29) is 11.2 Å². The number of nitrogens with zero attached hydrogens (tertiary/aromatic N) is 2. The van der Waals surface area contributed by atoms with E-state index in [1.54, 1.807) is 33.7 Å². The van der Waals surface area contributed by atoms with Gasteiger partial charge in [0.25, 0.3) is 0 Å². The van der Waals surface area contributed by atoms with Gasteiger partial charge in [-0.15, -0.1) is 11.8 Å². The molecule has 0 radical (unpaired) electrons. The number of methoxy groups -OCH3 is 3. The minimum Gasteiger partial charge on any atom is -0.496 e. The first-order valence-electron chi connectivity index (χ1n) is 9.00. The topological polar surface area (TPSA) is 74.6 Å². The molecule has 0 saturated carbocycles. The van der Waals surface area contributed by atoms with Crippen molar-refractivity contribution in [1.29, 1.82) is 0 Å². The van der Waals surface area contributed by atoms with Crippen molar-refractivity contribution in [3.63, 3.8) is 0 Å². The van der Waals surface area contributed by atoms with Crippen LogP contribution >= 0.6 is 11.8 Å². The Morgan fingerprint density at radius 2 is 1.72 bits per heavy atom. The first-order valence-corrected chi connectivity index (χ1v) is 10.0. The zero-order valence-electron chi connectivity index (χ0n) is 16.3. The summed E-state index contributed by atoms with van der Waals surface area (Å²) >= 11 is 1.51. The number of carbonyl (C=O) groups is 1. The lowest BCUT2D eigenvalue weighted by molar-refractivity contribution is -0.113. The molecule has 2 aromatic carbocycles. The molecule has 2 heterocycles. The first kappa shape index (κ1) is 19.2. The number of carbonyl (C=O) groups excluding carboxylic acids is 1. The van der Waals surface area contributed by atoms with Crippen LogP contribution < -0.4 is 19.5 Å². The van der Waals surface area contributed by atoms with Crippen molar-refractivity contribution in [1.82, 2.24) is 9.55 Å². The second kappa shape index (κ2) is 8.08. The van der Waals surface area contributed by atoms with Gasteiger partial charge in [-0.2, -0.15) is 0 Å². The molecule has 1 aliphatic rings. The van der Waals surface area contributed by atoms with Crippen LogP contribution in [0.25, 0.3) is 5.69 Å². The molecule has 0 bridgehead atoms. The van der Waals surface area contributed by atoms with E-state index in [9.17, 15) is 4.79 Å². The van der Waals surface area contributed by atoms with Gasteiger partial charge in [-0.1, -0.05) is 18.2 Å². The SMILES string of the molecule is COc1cc(OC)c(C2SCC(=O)Nc3ncn(-c4ccccc4)c32)cc1OC. The summed E-state index contributed by atoms with van der Waals surface area (Å²) < 4.78 is 18.6. The predicted octanol–water partition coefficient (Wildman–Crippen LogP) is 3.67. The summed E-state index contributed by atoms with van der Waals surface area (Å²) in [6.07, 6.45) is 1.73. The molecule has 150 valence electrons. The van der Waals surface area contributed by atoms with Crippen LogP contribution in [0.1, 0.15) is 16.5 Å². The highest BCUT2D eigenvalue weighted by Gasteiger charge is 2.32. The third kappa shape index (κ3) is 3.51. The van der Waals surface area contributed by atoms with E-state index >= 15 is 0 Å². The monoisotopic (exact) mass is 411 g/mol. The van der Waals surface area contributed by atoms with E-state index in [4.69, 9.17) is 14.2 Å². The average molecular weight is 411 g/mol. The summed E-state index contributed by atoms with van der Waals surface area (Å²) in [6, 6.07) is 13.6. The fourth-order valence-corrected chi connectivity index (χ4v) is 4.54. The Balaban J connectivity index is 1.92. The third-order valence-electron chi connectivity index (χ3n) is 4.74. The van der Waals surface area contributed by atoms with Crippen LogP contribution in [0, 0.1) is 0 Å². The molecule has 0 saturated heterocycles. The van der Waals surface area contributed by atoms with Crippen LogP contribution in [-0.2, 0) is 4.79 Å². The number of para-hydroxylation sites is 1. The number of imidazole rings is 1. The molecule has 0 aliphatic carbocycles. The van der Waals surface area contributed by atoms with Crippen molar-refractivity contribution in [2.45, 2.75) is 5.25 Å². The molecule has 0 spiro atoms. The van der Waals surface area contributed by atoms with E-state index in [0.29, 0.717) is 28.8 Å². The van der Waals surface area contributed by atoms with Gasteiger partial charge in [0.2, 0.25) is 5.91 Å². The quantitative estimate of drug-likeness (QED) is 0.691. The van der Waals surface area contributed by atoms with Crippen molar-refractivity contribution >= 4 is 23.5 Å². The minimum absolute atomic E-state index is 0.0866. The molecule has 29 heavy (non-hydrogen) atoms. The molecule has 1 N–H and O–H groups in total. The molecular formula is C21H21N3O4S. The fraction of sp³-hybridized carbons (Fsp3) is 0.238. The van der Waals surface area contributed by atoms with Gasteiger partial charge in [0.05, 0.1) is 38.0 Å². The van der Waals surface area contributed by atoms with E-state index in [2.05, 4.69) is 10.3 Å². The van der Waals surface area contributed by atoms with Gasteiger partial charge >= 0.3 is 0 Å². The Kier molecular flexibility index (Phi) is 5.35. The van der Waals surface area contributed by atoms with Crippen LogP contribution in [0.2, 0.25) is 0 Å². The summed E-state index contributed by atoms with van der Waals surface area (Å²) in [5.74, 6) is 2.59. The number of amides is 1. The van der Waals surface area contributed by atoms with Gasteiger partial charge < -0.3 is 19.5 Å². The van der Waals surface area contributed by atoms with Gasteiger partial charge in [0.15, 0.2) is 17.3 Å². The molecule has 7 nitrogen and oxygen atoms in total. The van der Waals surface area contributed by atoms with Crippen molar-refractivity contribution in [3.8, 4) is 22.9 Å². The van der Waals surface area contributed by atoms with Gasteiger partial charge in [-0.05, 0) is 18.2 Å². The smallest absolute Gasteiger partial charge is 0.235 e. The van der Waals surface area contributed by atoms with Gasteiger partial charge in [0, 0.05) is 17.3 Å². The Hall–Kier alpha value is -3.13. The van der Waals surface area contributed by atoms with E-state index in [1.165, 1.54) is 11.8 Å². The highest BCUT2D eigenvalue weighted by molar-refractivity contribution is 8.00. The molecule has 1 aromatic heterocycles. The molecular weight excluding hydrogens is 390 g/mol. The van der Waals surface area contributed by atoms with Gasteiger partial charge in [-0.25, -0.2) is 4.98 Å². The summed E-state index contributed by atoms with van der Waals surface area (Å²) in [5, 5.41) is 2.71. The molecule has 3 aromatic rings. The maximum atomic E-state index is 12.3. The van der Waals surface area contributed by atoms with Crippen LogP contribution in [0.15, 0.2) is 48.8 Å². The molecule has 4 rings (SSSR count). The second-order valence-corrected chi connectivity index (χ2v) is 7.47. The van der Waals surface area contributed by atoms with Crippen molar-refractivity contribution in [2.75, 3.05) is 32.4 Å². The number of thioether (sulfide) groups is 1. The van der Waals surface area contributed by atoms with Gasteiger partial charge in [-0.3, -0.25) is 9.36 Å². The maximum Gasteiger partial charge on any atom is 0.235 e. The third-order valence-corrected chi connectivity index (χ3v) is 5.98. The molecule has 1 amide bonds. The van der Waals surface area contributed by atoms with Crippen LogP contribution in [0.4, 0.5) is 5.82 Å². The van der Waals surface area contributed by atoms with Crippen LogP contribution in [0.3, 0.4) is 0 Å². The lowest BCUT2D eigenvalue weighted by Gasteiger charge is -2.22. The molecule has 8 heteroatoms. The van der Waals surface area contributed by atoms with E-state index in [0.717, 1.165) is 16.9 Å². The number of rotatable bonds is 5. The summed E-state index contributed by atoms with van der Waals surface area (Å²) in [4.78, 5) is 16.8. The van der Waals surface area contributed by atoms with Crippen molar-refractivity contribution in [2.24, 2.45) is 0 Å². The second-order valence-electron chi connectivity index (χ2n) is 6.37. The predicted molar refractivity (Wildman–Crippen MR) is 113 cm³/mol. The minimum atomic E-state index is -0.207. The number of anilines is 1. The largest absolute Gasteiger partial charge is 0.496 e. The summed E-state index contributed by atoms with van der Waals surface area (Å²) in [6.45, 7) is 0. The number of nitrogens with one attached hydrogen (secondary N) is 1. The number of hydrogen-bond acceptors (Lipinski definition) is 6. The van der Waals surface area contributed by atoms with Crippen LogP contribution in [-0.4, -0.2) is 42.5 Å². The Bertz CT molecular complexity index is 1040. The molecule has 0 fully saturated rings. The molecule has 1 aliphatic heterocycles. The fourth-order valence-electron chi connectivity index (χ4n) is 3.40. The highest BCUT2D eigenvalue weighted by atomic mass is 32.2. The summed E-state index contributed by atoms with van der Waals surface area (Å²) in [7, 11) is 4.80. The zero-order chi connectivity index (χ0) is 20.4. The Morgan fingerprint density at radius 1 is 1.03 bits per heavy atom. The lowest BCUT2D eigenvalue weighted by Crippen LogP contribution is -2.12. The lowest BCUT2D eigenvalue weighted by atomic mass is 10.1. The summed E-state index contributed by atoms with van der Waals surface area (Å²) in [5.41, 5.74) is 2.71. The maximum absolute atomic E-state index is 12.3. The Morgan fingerprint density at radius 3 is 2.41 bits per heavy atom. The number of benzene rings is 2. The van der Waals surface area contributed by atoms with E-state index < -0.39 is 0 Å². The molecule has 1 atom stereocenters. The van der Waals surface area contributed by atoms with E-state index in [1.807, 2.05) is 41.0 Å². The van der Waals surface area contributed by atoms with Crippen molar-refractivity contribution < 1.29 is 19.0 Å². The highest BCUT2D eigenvalue weighted by Crippen LogP contribution is 2.48.